The fourth-order valence-corrected chi connectivity index (χ4v) is 4.22. The van der Waals surface area contributed by atoms with E-state index >= 15 is 0 Å². The summed E-state index contributed by atoms with van der Waals surface area (Å²) in [6.07, 6.45) is 4.14. The molecule has 3 nitrogen and oxygen atoms in total. The maximum absolute atomic E-state index is 13.7. The number of H-pyrrole nitrogens is 1. The van der Waals surface area contributed by atoms with Crippen molar-refractivity contribution in [1.29, 1.82) is 0 Å². The van der Waals surface area contributed by atoms with Crippen LogP contribution in [0.25, 0.3) is 11.1 Å². The number of hydrogen-bond acceptors (Lipinski definition) is 2. The Hall–Kier alpha value is -2.46. The first-order valence-corrected chi connectivity index (χ1v) is 9.77. The number of piperidine rings is 1. The fourth-order valence-electron chi connectivity index (χ4n) is 4.22. The van der Waals surface area contributed by atoms with Crippen molar-refractivity contribution in [2.45, 2.75) is 31.6 Å². The Kier molecular flexibility index (Phi) is 5.35. The van der Waals surface area contributed by atoms with E-state index in [4.69, 9.17) is 0 Å². The molecule has 0 amide bonds. The molecule has 4 rings (SSSR count). The molecule has 2 heterocycles. The summed E-state index contributed by atoms with van der Waals surface area (Å²) in [6, 6.07) is 17.5. The van der Waals surface area contributed by atoms with E-state index in [9.17, 15) is 4.39 Å². The van der Waals surface area contributed by atoms with E-state index in [-0.39, 0.29) is 5.82 Å². The third-order valence-corrected chi connectivity index (χ3v) is 5.62. The van der Waals surface area contributed by atoms with Gasteiger partial charge in [-0.1, -0.05) is 49.4 Å². The molecule has 1 saturated heterocycles. The van der Waals surface area contributed by atoms with Crippen LogP contribution in [0.15, 0.2) is 60.8 Å². The van der Waals surface area contributed by atoms with E-state index in [1.54, 1.807) is 12.1 Å². The zero-order chi connectivity index (χ0) is 18.6. The number of nitrogens with zero attached hydrogens (tertiary/aromatic N) is 2. The summed E-state index contributed by atoms with van der Waals surface area (Å²) in [5.74, 6) is 0.707. The molecular formula is C23H26FN3. The SMILES string of the molecule is C[C@@H](CN1CCC[C@@H](c2[nH]ncc2-c2cccc(F)c2)C1)c1ccccc1. The number of aromatic nitrogens is 2. The molecule has 1 aliphatic heterocycles. The fraction of sp³-hybridized carbons (Fsp3) is 0.348. The molecule has 0 saturated carbocycles. The Balaban J connectivity index is 1.49. The molecule has 2 aromatic carbocycles. The quantitative estimate of drug-likeness (QED) is 0.676. The van der Waals surface area contributed by atoms with Crippen molar-refractivity contribution >= 4 is 0 Å². The minimum Gasteiger partial charge on any atom is -0.302 e. The average Bonchev–Trinajstić information content (AvgIpc) is 3.19. The van der Waals surface area contributed by atoms with E-state index in [2.05, 4.69) is 52.4 Å². The number of rotatable bonds is 5. The van der Waals surface area contributed by atoms with Crippen molar-refractivity contribution in [2.75, 3.05) is 19.6 Å². The number of halogens is 1. The molecule has 1 aromatic heterocycles. The number of benzene rings is 2. The minimum atomic E-state index is -0.207. The predicted octanol–water partition coefficient (Wildman–Crippen LogP) is 5.20. The minimum absolute atomic E-state index is 0.207. The van der Waals surface area contributed by atoms with Crippen LogP contribution in [0.4, 0.5) is 4.39 Å². The molecule has 0 unspecified atom stereocenters. The van der Waals surface area contributed by atoms with Crippen molar-refractivity contribution < 1.29 is 4.39 Å². The van der Waals surface area contributed by atoms with E-state index in [0.29, 0.717) is 11.8 Å². The van der Waals surface area contributed by atoms with Gasteiger partial charge in [-0.15, -0.1) is 0 Å². The van der Waals surface area contributed by atoms with Crippen LogP contribution in [0, 0.1) is 5.82 Å². The van der Waals surface area contributed by atoms with Crippen LogP contribution in [-0.2, 0) is 0 Å². The summed E-state index contributed by atoms with van der Waals surface area (Å²) in [5, 5.41) is 7.47. The van der Waals surface area contributed by atoms with Crippen LogP contribution in [-0.4, -0.2) is 34.7 Å². The first-order chi connectivity index (χ1) is 13.2. The van der Waals surface area contributed by atoms with Crippen molar-refractivity contribution in [3.8, 4) is 11.1 Å². The third-order valence-electron chi connectivity index (χ3n) is 5.62. The van der Waals surface area contributed by atoms with Crippen LogP contribution < -0.4 is 0 Å². The Morgan fingerprint density at radius 3 is 2.85 bits per heavy atom. The monoisotopic (exact) mass is 363 g/mol. The molecule has 0 radical (unpaired) electrons. The molecule has 1 N–H and O–H groups in total. The Bertz CT molecular complexity index is 874. The van der Waals surface area contributed by atoms with Gasteiger partial charge < -0.3 is 4.90 Å². The van der Waals surface area contributed by atoms with Crippen LogP contribution >= 0.6 is 0 Å². The summed E-state index contributed by atoms with van der Waals surface area (Å²) in [5.41, 5.74) is 4.45. The van der Waals surface area contributed by atoms with Gasteiger partial charge in [-0.2, -0.15) is 5.10 Å². The van der Waals surface area contributed by atoms with Gasteiger partial charge in [0.1, 0.15) is 5.82 Å². The van der Waals surface area contributed by atoms with Crippen molar-refractivity contribution in [2.24, 2.45) is 0 Å². The molecule has 3 aromatic rings. The number of nitrogens with one attached hydrogen (secondary N) is 1. The van der Waals surface area contributed by atoms with Gasteiger partial charge in [0.15, 0.2) is 0 Å². The predicted molar refractivity (Wildman–Crippen MR) is 107 cm³/mol. The summed E-state index contributed by atoms with van der Waals surface area (Å²) in [7, 11) is 0. The van der Waals surface area contributed by atoms with Crippen molar-refractivity contribution in [1.82, 2.24) is 15.1 Å². The maximum atomic E-state index is 13.7. The van der Waals surface area contributed by atoms with Gasteiger partial charge in [-0.3, -0.25) is 5.10 Å². The molecule has 27 heavy (non-hydrogen) atoms. The van der Waals surface area contributed by atoms with E-state index in [0.717, 1.165) is 42.9 Å². The topological polar surface area (TPSA) is 31.9 Å². The Morgan fingerprint density at radius 2 is 2.04 bits per heavy atom. The lowest BCUT2D eigenvalue weighted by Crippen LogP contribution is -2.37. The Morgan fingerprint density at radius 1 is 1.19 bits per heavy atom. The normalized spacial score (nSPS) is 19.1. The third kappa shape index (κ3) is 4.11. The van der Waals surface area contributed by atoms with Gasteiger partial charge in [0.05, 0.1) is 6.20 Å². The number of aromatic amines is 1. The number of hydrogen-bond donors (Lipinski definition) is 1. The molecule has 0 spiro atoms. The first kappa shape index (κ1) is 17.9. The van der Waals surface area contributed by atoms with E-state index < -0.39 is 0 Å². The molecule has 0 bridgehead atoms. The van der Waals surface area contributed by atoms with Crippen LogP contribution in [0.2, 0.25) is 0 Å². The summed E-state index contributed by atoms with van der Waals surface area (Å²) >= 11 is 0. The molecule has 140 valence electrons. The smallest absolute Gasteiger partial charge is 0.123 e. The first-order valence-electron chi connectivity index (χ1n) is 9.77. The van der Waals surface area contributed by atoms with Crippen molar-refractivity contribution in [3.05, 3.63) is 77.9 Å². The van der Waals surface area contributed by atoms with Gasteiger partial charge >= 0.3 is 0 Å². The zero-order valence-corrected chi connectivity index (χ0v) is 15.7. The summed E-state index contributed by atoms with van der Waals surface area (Å²) < 4.78 is 13.7. The largest absolute Gasteiger partial charge is 0.302 e. The average molecular weight is 363 g/mol. The molecule has 4 heteroatoms. The van der Waals surface area contributed by atoms with Crippen LogP contribution in [0.5, 0.6) is 0 Å². The molecule has 0 aliphatic carbocycles. The van der Waals surface area contributed by atoms with Gasteiger partial charge in [0.2, 0.25) is 0 Å². The highest BCUT2D eigenvalue weighted by Gasteiger charge is 2.26. The second kappa shape index (κ2) is 8.05. The summed E-state index contributed by atoms with van der Waals surface area (Å²) in [6.45, 7) is 5.51. The maximum Gasteiger partial charge on any atom is 0.123 e. The lowest BCUT2D eigenvalue weighted by molar-refractivity contribution is 0.197. The van der Waals surface area contributed by atoms with E-state index in [1.807, 2.05) is 12.3 Å². The molecule has 1 fully saturated rings. The standard InChI is InChI=1S/C23H26FN3/c1-17(18-7-3-2-4-8-18)15-27-12-6-10-20(16-27)23-22(14-25-26-23)19-9-5-11-21(24)13-19/h2-5,7-9,11,13-14,17,20H,6,10,12,15-16H2,1H3,(H,25,26)/t17-,20+/m0/s1. The van der Waals surface area contributed by atoms with E-state index in [1.165, 1.54) is 18.1 Å². The molecular weight excluding hydrogens is 337 g/mol. The Labute approximate surface area is 160 Å². The van der Waals surface area contributed by atoms with Crippen LogP contribution in [0.1, 0.15) is 42.9 Å². The van der Waals surface area contributed by atoms with Crippen molar-refractivity contribution in [3.63, 3.8) is 0 Å². The van der Waals surface area contributed by atoms with Gasteiger partial charge in [0, 0.05) is 30.3 Å². The van der Waals surface area contributed by atoms with Gasteiger partial charge in [-0.05, 0) is 48.6 Å². The van der Waals surface area contributed by atoms with Gasteiger partial charge in [0.25, 0.3) is 0 Å². The van der Waals surface area contributed by atoms with Crippen LogP contribution in [0.3, 0.4) is 0 Å². The lowest BCUT2D eigenvalue weighted by atomic mass is 9.89. The number of likely N-dealkylation sites (tertiary alicyclic amines) is 1. The molecule has 1 aliphatic rings. The summed E-state index contributed by atoms with van der Waals surface area (Å²) in [4.78, 5) is 2.56. The second-order valence-electron chi connectivity index (χ2n) is 7.62. The highest BCUT2D eigenvalue weighted by Crippen LogP contribution is 2.33. The zero-order valence-electron chi connectivity index (χ0n) is 15.7. The second-order valence-corrected chi connectivity index (χ2v) is 7.62. The highest BCUT2D eigenvalue weighted by atomic mass is 19.1. The molecule has 2 atom stereocenters. The lowest BCUT2D eigenvalue weighted by Gasteiger charge is -2.34. The van der Waals surface area contributed by atoms with Gasteiger partial charge in [-0.25, -0.2) is 4.39 Å². The highest BCUT2D eigenvalue weighted by molar-refractivity contribution is 5.65.